The van der Waals surface area contributed by atoms with Gasteiger partial charge in [0.25, 0.3) is 0 Å². The first kappa shape index (κ1) is 39.4. The first-order valence-electron chi connectivity index (χ1n) is 19.5. The van der Waals surface area contributed by atoms with Crippen molar-refractivity contribution in [3.63, 3.8) is 0 Å². The van der Waals surface area contributed by atoms with Crippen LogP contribution in [0.1, 0.15) is 165 Å². The van der Waals surface area contributed by atoms with Crippen LogP contribution in [0.15, 0.2) is 35.5 Å². The van der Waals surface area contributed by atoms with E-state index in [0.29, 0.717) is 23.8 Å². The maximum absolute atomic E-state index is 4.49. The number of rotatable bonds is 20. The highest BCUT2D eigenvalue weighted by molar-refractivity contribution is 5.14. The Kier molecular flexibility index (Phi) is 18.9. The molecule has 0 aromatic carbocycles. The Morgan fingerprint density at radius 2 is 1.59 bits per heavy atom. The monoisotopic (exact) mass is 609 g/mol. The van der Waals surface area contributed by atoms with Gasteiger partial charge in [-0.3, -0.25) is 0 Å². The van der Waals surface area contributed by atoms with Gasteiger partial charge in [-0.05, 0) is 127 Å². The van der Waals surface area contributed by atoms with Gasteiger partial charge in [0.05, 0.1) is 0 Å². The molecule has 1 heteroatoms. The van der Waals surface area contributed by atoms with Crippen LogP contribution >= 0.6 is 0 Å². The molecule has 2 fully saturated rings. The lowest BCUT2D eigenvalue weighted by atomic mass is 9.71. The molecule has 0 amide bonds. The molecule has 1 saturated carbocycles. The van der Waals surface area contributed by atoms with Gasteiger partial charge in [-0.1, -0.05) is 122 Å². The van der Waals surface area contributed by atoms with E-state index in [9.17, 15) is 0 Å². The van der Waals surface area contributed by atoms with E-state index in [2.05, 4.69) is 105 Å². The smallest absolute Gasteiger partial charge is 0.0144 e. The Hall–Kier alpha value is -0.820. The predicted molar refractivity (Wildman–Crippen MR) is 199 cm³/mol. The van der Waals surface area contributed by atoms with Crippen LogP contribution in [0.3, 0.4) is 0 Å². The van der Waals surface area contributed by atoms with Crippen LogP contribution in [0.25, 0.3) is 0 Å². The molecule has 1 aliphatic heterocycles. The minimum atomic E-state index is 0.498. The Labute approximate surface area is 278 Å². The number of hydrogen-bond donors (Lipinski definition) is 0. The molecule has 44 heavy (non-hydrogen) atoms. The van der Waals surface area contributed by atoms with Crippen LogP contribution in [0.4, 0.5) is 0 Å². The summed E-state index contributed by atoms with van der Waals surface area (Å²) in [7, 11) is 2.39. The van der Waals surface area contributed by atoms with Gasteiger partial charge in [-0.15, -0.1) is 0 Å². The number of unbranched alkanes of at least 4 members (excludes halogenated alkanes) is 1. The summed E-state index contributed by atoms with van der Waals surface area (Å²) in [6.07, 6.45) is 31.5. The summed E-state index contributed by atoms with van der Waals surface area (Å²) in [5.41, 5.74) is 3.50. The quantitative estimate of drug-likeness (QED) is 0.0755. The number of likely N-dealkylation sites (tertiary alicyclic amines) is 1. The first-order valence-corrected chi connectivity index (χ1v) is 19.5. The van der Waals surface area contributed by atoms with Gasteiger partial charge < -0.3 is 11.8 Å². The normalized spacial score (nSPS) is 26.4. The van der Waals surface area contributed by atoms with E-state index in [-0.39, 0.29) is 0 Å². The molecule has 256 valence electrons. The molecule has 2 aliphatic rings. The molecular formula is C43H78N-. The summed E-state index contributed by atoms with van der Waals surface area (Å²) in [5, 5.41) is 0. The van der Waals surface area contributed by atoms with E-state index < -0.39 is 0 Å². The highest BCUT2D eigenvalue weighted by Gasteiger charge is 2.43. The van der Waals surface area contributed by atoms with Crippen LogP contribution in [0.2, 0.25) is 0 Å². The average molecular weight is 609 g/mol. The summed E-state index contributed by atoms with van der Waals surface area (Å²) < 4.78 is 0. The van der Waals surface area contributed by atoms with Crippen LogP contribution < -0.4 is 0 Å². The van der Waals surface area contributed by atoms with Gasteiger partial charge in [-0.2, -0.15) is 5.92 Å². The maximum Gasteiger partial charge on any atom is 0.0144 e. The summed E-state index contributed by atoms with van der Waals surface area (Å²) in [6.45, 7) is 26.1. The second-order valence-electron chi connectivity index (χ2n) is 16.3. The fourth-order valence-corrected chi connectivity index (χ4v) is 8.90. The largest absolute Gasteiger partial charge is 0.340 e. The standard InChI is InChI=1S/C43H78N/c1-12-14-22-40(36(9)39-23-17-15-16-18-24-39)31-42-37(10)44(11)43(42)29-28-38(13-2)27-26-35(8)41(33(5)6)25-20-19-21-34(7)30-32(3)4/h13,19-20,22,32-37,39,41-43H,5,12,14-18,21,23-31H2,1-4,6-11H3/q-1/b20-19-,38-13+,40-22-. The molecule has 1 heterocycles. The molecule has 0 N–H and O–H groups in total. The van der Waals surface area contributed by atoms with Crippen molar-refractivity contribution in [2.24, 2.45) is 47.3 Å². The van der Waals surface area contributed by atoms with Gasteiger partial charge >= 0.3 is 0 Å². The molecule has 1 nitrogen and oxygen atoms in total. The van der Waals surface area contributed by atoms with Crippen molar-refractivity contribution in [3.05, 3.63) is 42.4 Å². The molecular weight excluding hydrogens is 530 g/mol. The molecule has 0 radical (unpaired) electrons. The zero-order valence-corrected chi connectivity index (χ0v) is 31.6. The maximum atomic E-state index is 4.49. The molecule has 1 aliphatic carbocycles. The van der Waals surface area contributed by atoms with Crippen LogP contribution in [0.5, 0.6) is 0 Å². The van der Waals surface area contributed by atoms with E-state index >= 15 is 0 Å². The van der Waals surface area contributed by atoms with Gasteiger partial charge in [0.2, 0.25) is 0 Å². The second kappa shape index (κ2) is 21.1. The molecule has 8 atom stereocenters. The number of hydrogen-bond acceptors (Lipinski definition) is 1. The lowest BCUT2D eigenvalue weighted by molar-refractivity contribution is -0.0297. The van der Waals surface area contributed by atoms with Gasteiger partial charge in [0, 0.05) is 12.1 Å². The third kappa shape index (κ3) is 13.1. The number of nitrogens with zero attached hydrogens (tertiary/aromatic N) is 1. The summed E-state index contributed by atoms with van der Waals surface area (Å²) >= 11 is 0. The Morgan fingerprint density at radius 1 is 0.932 bits per heavy atom. The fraction of sp³-hybridized carbons (Fsp3) is 0.837. The van der Waals surface area contributed by atoms with Crippen molar-refractivity contribution in [2.75, 3.05) is 7.05 Å². The minimum Gasteiger partial charge on any atom is -0.340 e. The Balaban J connectivity index is 1.92. The van der Waals surface area contributed by atoms with Crippen molar-refractivity contribution in [1.82, 2.24) is 4.90 Å². The van der Waals surface area contributed by atoms with Crippen LogP contribution in [-0.2, 0) is 0 Å². The van der Waals surface area contributed by atoms with Crippen LogP contribution in [-0.4, -0.2) is 24.0 Å². The predicted octanol–water partition coefficient (Wildman–Crippen LogP) is 13.3. The molecule has 0 aromatic heterocycles. The van der Waals surface area contributed by atoms with Crippen molar-refractivity contribution in [1.29, 1.82) is 0 Å². The Morgan fingerprint density at radius 3 is 2.18 bits per heavy atom. The highest BCUT2D eigenvalue weighted by Crippen LogP contribution is 2.43. The zero-order chi connectivity index (χ0) is 32.6. The molecule has 0 aromatic rings. The summed E-state index contributed by atoms with van der Waals surface area (Å²) in [6, 6.07) is 1.45. The Bertz CT molecular complexity index is 837. The molecule has 8 unspecified atom stereocenters. The topological polar surface area (TPSA) is 3.24 Å². The van der Waals surface area contributed by atoms with E-state index in [1.807, 2.05) is 5.57 Å². The van der Waals surface area contributed by atoms with Crippen molar-refractivity contribution in [2.45, 2.75) is 177 Å². The lowest BCUT2D eigenvalue weighted by Crippen LogP contribution is -2.60. The second-order valence-corrected chi connectivity index (χ2v) is 16.3. The molecule has 2 rings (SSSR count). The average Bonchev–Trinajstić information content (AvgIpc) is 3.28. The third-order valence-electron chi connectivity index (χ3n) is 12.2. The van der Waals surface area contributed by atoms with E-state index in [1.54, 1.807) is 5.57 Å². The molecule has 0 spiro atoms. The van der Waals surface area contributed by atoms with E-state index in [1.165, 1.54) is 103 Å². The first-order chi connectivity index (χ1) is 21.0. The van der Waals surface area contributed by atoms with Crippen molar-refractivity contribution in [3.8, 4) is 0 Å². The molecule has 1 saturated heterocycles. The minimum absolute atomic E-state index is 0.498. The molecule has 0 bridgehead atoms. The van der Waals surface area contributed by atoms with Gasteiger partial charge in [0.15, 0.2) is 0 Å². The number of allylic oxidation sites excluding steroid dienone is 6. The summed E-state index contributed by atoms with van der Waals surface area (Å²) in [5.74, 6) is 5.98. The lowest BCUT2D eigenvalue weighted by Gasteiger charge is -2.53. The van der Waals surface area contributed by atoms with E-state index in [4.69, 9.17) is 0 Å². The van der Waals surface area contributed by atoms with Crippen molar-refractivity contribution < 1.29 is 0 Å². The zero-order valence-electron chi connectivity index (χ0n) is 31.6. The van der Waals surface area contributed by atoms with Gasteiger partial charge in [-0.25, -0.2) is 0 Å². The highest BCUT2D eigenvalue weighted by atomic mass is 15.2. The van der Waals surface area contributed by atoms with Crippen molar-refractivity contribution >= 4 is 0 Å². The summed E-state index contributed by atoms with van der Waals surface area (Å²) in [4.78, 5) is 2.70. The van der Waals surface area contributed by atoms with E-state index in [0.717, 1.165) is 35.6 Å². The van der Waals surface area contributed by atoms with Gasteiger partial charge in [0.1, 0.15) is 0 Å². The van der Waals surface area contributed by atoms with Crippen LogP contribution in [0, 0.1) is 54.3 Å². The fourth-order valence-electron chi connectivity index (χ4n) is 8.90. The SMILES string of the molecule is [CH2-]C(C)C(C/C=C\CC(C)CC(C)C)C(C)CC/C(=C\C)CCC1C(C/C(=C/CCC)C(C)C2CCCCCC2)C(C)N1C. The third-order valence-corrected chi connectivity index (χ3v) is 12.2.